The predicted molar refractivity (Wildman–Crippen MR) is 364 cm³/mol. The number of carbonyl (C=O) groups excluding carboxylic acids is 2. The standard InChI is InChI=1S/C33H37N7O3.C28H28N6O3.C10H19NO4/c1-3-16-38(19-20-42-2)17-7-10-29(41)39-18-15-25(22-39)40-28(21-34)30(31-32(35)36-23-37-33(31)40)24-11-13-27(14-12-24)43-26-8-5-4-6-9-26;1-28(2,3)37-27(35)33-14-13-19(16-33)34-22(15-29)23(24-25(30)31-17-32-26(24)34)18-9-11-21(12-10-18)36-20-7-5-4-6-8-20;1-14-8-6-11(7-9-15-2)5-3-4-10(12)13/h4-14,23,25H,3,15-20,22H2,1-2H3,(H2,35,36,37);4-12,17,19H,13-14,16H2,1-3H3,(H2,30,31,32);3-4H,5-9H2,1-2H3,(H,12,13)/b10-7+;;4-3+/t25-;19-;/m11./s1. The number of fused-ring (bicyclic) bond motifs is 2. The van der Waals surface area contributed by atoms with Crippen LogP contribution in [0.2, 0.25) is 0 Å². The quantitative estimate of drug-likeness (QED) is 0.0448. The number of para-hydroxylation sites is 2. The number of anilines is 2. The molecule has 2 saturated heterocycles. The molecule has 95 heavy (non-hydrogen) atoms. The molecule has 0 bridgehead atoms. The number of rotatable bonds is 25. The smallest absolute Gasteiger partial charge is 0.410 e. The Hall–Kier alpha value is -10.2. The number of methoxy groups -OCH3 is 3. The number of ether oxygens (including phenoxy) is 6. The summed E-state index contributed by atoms with van der Waals surface area (Å²) < 4.78 is 36.4. The third-order valence-corrected chi connectivity index (χ3v) is 15.7. The van der Waals surface area contributed by atoms with Crippen molar-refractivity contribution in [3.8, 4) is 57.4 Å². The number of hydrogen-bond acceptors (Lipinski definition) is 19. The lowest BCUT2D eigenvalue weighted by atomic mass is 10.0. The van der Waals surface area contributed by atoms with E-state index >= 15 is 0 Å². The van der Waals surface area contributed by atoms with Crippen LogP contribution in [0.3, 0.4) is 0 Å². The van der Waals surface area contributed by atoms with Crippen LogP contribution in [0.25, 0.3) is 44.3 Å². The van der Waals surface area contributed by atoms with E-state index in [0.717, 1.165) is 61.3 Å². The van der Waals surface area contributed by atoms with Gasteiger partial charge in [0.05, 0.1) is 42.7 Å². The van der Waals surface area contributed by atoms with Crippen LogP contribution in [0.15, 0.2) is 146 Å². The molecule has 0 radical (unpaired) electrons. The molecular weight excluding hydrogens is 1210 g/mol. The van der Waals surface area contributed by atoms with E-state index in [-0.39, 0.29) is 24.1 Å². The van der Waals surface area contributed by atoms with Crippen LogP contribution >= 0.6 is 0 Å². The average Bonchev–Trinajstić information content (AvgIpc) is 1.60. The molecule has 0 spiro atoms. The van der Waals surface area contributed by atoms with E-state index in [0.29, 0.717) is 140 Å². The van der Waals surface area contributed by atoms with Gasteiger partial charge in [-0.15, -0.1) is 0 Å². The minimum atomic E-state index is -0.923. The van der Waals surface area contributed by atoms with Crippen LogP contribution < -0.4 is 20.9 Å². The fraction of sp³-hybridized carbons (Fsp3) is 0.366. The summed E-state index contributed by atoms with van der Waals surface area (Å²) in [5, 5.41) is 30.4. The van der Waals surface area contributed by atoms with Gasteiger partial charge in [-0.05, 0) is 106 Å². The van der Waals surface area contributed by atoms with E-state index in [1.54, 1.807) is 38.4 Å². The van der Waals surface area contributed by atoms with Crippen molar-refractivity contribution in [1.29, 1.82) is 10.5 Å². The van der Waals surface area contributed by atoms with Crippen LogP contribution in [0.1, 0.15) is 70.4 Å². The second-order valence-corrected chi connectivity index (χ2v) is 23.5. The SMILES string of the molecule is CC(C)(C)OC(=O)N1CC[C@@H](n2c(C#N)c(-c3ccc(Oc4ccccc4)cc3)c3c(N)ncnc32)C1.CCCN(C/C=C/C(=O)N1CC[C@@H](n2c(C#N)c(-c3ccc(Oc4ccccc4)cc3)c3c(N)ncnc32)C1)CCOC.COCCN(C/C=C/C(=O)O)CCOC. The van der Waals surface area contributed by atoms with Crippen LogP contribution in [0.5, 0.6) is 23.0 Å². The maximum atomic E-state index is 13.1. The Bertz CT molecular complexity index is 3960. The number of hydrogen-bond donors (Lipinski definition) is 3. The molecule has 24 nitrogen and oxygen atoms in total. The molecule has 2 aliphatic rings. The number of nitrogens with two attached hydrogens (primary N) is 2. The van der Waals surface area contributed by atoms with Crippen molar-refractivity contribution in [2.75, 3.05) is 118 Å². The number of nitrogens with zero attached hydrogens (tertiary/aromatic N) is 12. The van der Waals surface area contributed by atoms with Crippen molar-refractivity contribution in [2.24, 2.45) is 0 Å². The van der Waals surface area contributed by atoms with Crippen LogP contribution in [-0.4, -0.2) is 184 Å². The second kappa shape index (κ2) is 34.6. The first kappa shape index (κ1) is 70.7. The van der Waals surface area contributed by atoms with Crippen molar-refractivity contribution < 1.29 is 47.9 Å². The molecule has 2 aliphatic heterocycles. The van der Waals surface area contributed by atoms with Gasteiger partial charge in [-0.25, -0.2) is 29.5 Å². The topological polar surface area (TPSA) is 301 Å². The van der Waals surface area contributed by atoms with E-state index in [2.05, 4.69) is 48.8 Å². The maximum Gasteiger partial charge on any atom is 0.410 e. The molecule has 5 N–H and O–H groups in total. The van der Waals surface area contributed by atoms with Gasteiger partial charge in [0.15, 0.2) is 0 Å². The molecule has 2 fully saturated rings. The molecule has 0 unspecified atom stereocenters. The summed E-state index contributed by atoms with van der Waals surface area (Å²) in [5.41, 5.74) is 17.1. The zero-order valence-electron chi connectivity index (χ0n) is 55.0. The number of likely N-dealkylation sites (tertiary alicyclic amines) is 2. The van der Waals surface area contributed by atoms with Gasteiger partial charge in [-0.3, -0.25) is 14.6 Å². The van der Waals surface area contributed by atoms with Gasteiger partial charge in [0.25, 0.3) is 0 Å². The zero-order valence-corrected chi connectivity index (χ0v) is 55.0. The largest absolute Gasteiger partial charge is 0.478 e. The Morgan fingerprint density at radius 1 is 0.600 bits per heavy atom. The van der Waals surface area contributed by atoms with Crippen molar-refractivity contribution in [3.63, 3.8) is 0 Å². The molecule has 24 heteroatoms. The summed E-state index contributed by atoms with van der Waals surface area (Å²) in [5.74, 6) is 2.46. The summed E-state index contributed by atoms with van der Waals surface area (Å²) in [7, 11) is 4.98. The number of carboxylic acids is 1. The Morgan fingerprint density at radius 2 is 1.01 bits per heavy atom. The van der Waals surface area contributed by atoms with Gasteiger partial charge >= 0.3 is 12.1 Å². The molecule has 4 aromatic carbocycles. The Kier molecular flexibility index (Phi) is 25.8. The van der Waals surface area contributed by atoms with Crippen molar-refractivity contribution in [3.05, 3.63) is 158 Å². The monoisotopic (exact) mass is 1290 g/mol. The van der Waals surface area contributed by atoms with Gasteiger partial charge in [0, 0.05) is 104 Å². The first-order valence-corrected chi connectivity index (χ1v) is 31.5. The van der Waals surface area contributed by atoms with Gasteiger partial charge in [0.2, 0.25) is 5.91 Å². The van der Waals surface area contributed by atoms with E-state index in [4.69, 9.17) is 45.0 Å². The van der Waals surface area contributed by atoms with Crippen LogP contribution in [-0.2, 0) is 28.5 Å². The minimum absolute atomic E-state index is 0.0379. The zero-order chi connectivity index (χ0) is 67.9. The fourth-order valence-electron chi connectivity index (χ4n) is 11.3. The summed E-state index contributed by atoms with van der Waals surface area (Å²) in [6, 6.07) is 38.6. The highest BCUT2D eigenvalue weighted by Gasteiger charge is 2.36. The first-order chi connectivity index (χ1) is 46.0. The molecular formula is C71H84N14O10. The molecule has 8 aromatic rings. The maximum absolute atomic E-state index is 13.1. The summed E-state index contributed by atoms with van der Waals surface area (Å²) in [4.78, 5) is 61.3. The van der Waals surface area contributed by atoms with Crippen LogP contribution in [0.4, 0.5) is 16.4 Å². The lowest BCUT2D eigenvalue weighted by Gasteiger charge is -2.24. The van der Waals surface area contributed by atoms with Gasteiger partial charge in [-0.1, -0.05) is 79.7 Å². The second-order valence-electron chi connectivity index (χ2n) is 23.5. The number of aromatic nitrogens is 6. The molecule has 0 saturated carbocycles. The number of nitriles is 2. The fourth-order valence-corrected chi connectivity index (χ4v) is 11.3. The number of carbonyl (C=O) groups is 3. The first-order valence-electron chi connectivity index (χ1n) is 31.5. The van der Waals surface area contributed by atoms with Crippen LogP contribution in [0, 0.1) is 22.7 Å². The summed E-state index contributed by atoms with van der Waals surface area (Å²) >= 11 is 0. The molecule has 6 heterocycles. The highest BCUT2D eigenvalue weighted by atomic mass is 16.6. The van der Waals surface area contributed by atoms with Gasteiger partial charge in [-0.2, -0.15) is 10.5 Å². The predicted octanol–water partition coefficient (Wildman–Crippen LogP) is 10.8. The molecule has 2 amide bonds. The van der Waals surface area contributed by atoms with Gasteiger partial charge < -0.3 is 63.9 Å². The van der Waals surface area contributed by atoms with Gasteiger partial charge in [0.1, 0.15) is 87.7 Å². The number of aliphatic carboxylic acids is 1. The van der Waals surface area contributed by atoms with E-state index in [1.807, 2.05) is 150 Å². The number of nitrogen functional groups attached to an aromatic ring is 2. The molecule has 2 atom stereocenters. The van der Waals surface area contributed by atoms with Crippen molar-refractivity contribution in [1.82, 2.24) is 48.7 Å². The Balaban J connectivity index is 0.000000202. The Morgan fingerprint density at radius 3 is 1.42 bits per heavy atom. The molecule has 10 rings (SSSR count). The number of amides is 2. The summed E-state index contributed by atoms with van der Waals surface area (Å²) in [6.45, 7) is 16.1. The highest BCUT2D eigenvalue weighted by molar-refractivity contribution is 6.04. The average molecular weight is 1290 g/mol. The van der Waals surface area contributed by atoms with E-state index in [9.17, 15) is 24.9 Å². The van der Waals surface area contributed by atoms with E-state index < -0.39 is 11.6 Å². The molecule has 498 valence electrons. The Labute approximate surface area is 554 Å². The minimum Gasteiger partial charge on any atom is -0.478 e. The number of carboxylic acid groups (broad SMARTS) is 1. The normalized spacial score (nSPS) is 14.6. The lowest BCUT2D eigenvalue weighted by molar-refractivity contribution is -0.131. The van der Waals surface area contributed by atoms with Crippen molar-refractivity contribution in [2.45, 2.75) is 64.6 Å². The van der Waals surface area contributed by atoms with Crippen molar-refractivity contribution >= 4 is 51.7 Å². The molecule has 0 aliphatic carbocycles. The molecule has 4 aromatic heterocycles. The third-order valence-electron chi connectivity index (χ3n) is 15.7. The highest BCUT2D eigenvalue weighted by Crippen LogP contribution is 2.43. The number of benzene rings is 4. The summed E-state index contributed by atoms with van der Waals surface area (Å²) in [6.07, 6.45) is 11.2. The third kappa shape index (κ3) is 19.0. The lowest BCUT2D eigenvalue weighted by Crippen LogP contribution is -2.35. The van der Waals surface area contributed by atoms with E-state index in [1.165, 1.54) is 12.7 Å².